The molecule has 0 aliphatic heterocycles. The van der Waals surface area contributed by atoms with Crippen molar-refractivity contribution in [2.24, 2.45) is 0 Å². The molecule has 0 amide bonds. The van der Waals surface area contributed by atoms with Gasteiger partial charge in [-0.05, 0) is 85.1 Å². The Kier molecular flexibility index (Phi) is 7.21. The molecule has 0 atom stereocenters. The van der Waals surface area contributed by atoms with Crippen LogP contribution in [0, 0.1) is 0 Å². The third-order valence-corrected chi connectivity index (χ3v) is 12.4. The Labute approximate surface area is 330 Å². The molecular weight excluding hydrogens is 695 g/mol. The molecule has 11 aromatic rings. The summed E-state index contributed by atoms with van der Waals surface area (Å²) in [7, 11) is 0. The van der Waals surface area contributed by atoms with Crippen molar-refractivity contribution in [2.75, 3.05) is 4.90 Å². The largest absolute Gasteiger partial charge is 0.455 e. The van der Waals surface area contributed by atoms with E-state index in [2.05, 4.69) is 190 Å². The maximum absolute atomic E-state index is 6.58. The van der Waals surface area contributed by atoms with Crippen molar-refractivity contribution in [1.29, 1.82) is 0 Å². The van der Waals surface area contributed by atoms with Crippen molar-refractivity contribution in [2.45, 2.75) is 31.7 Å². The number of para-hydroxylation sites is 5. The summed E-state index contributed by atoms with van der Waals surface area (Å²) >= 11 is 0. The van der Waals surface area contributed by atoms with Crippen LogP contribution in [-0.4, -0.2) is 9.13 Å². The number of furan rings is 1. The van der Waals surface area contributed by atoms with Crippen molar-refractivity contribution >= 4 is 82.6 Å². The zero-order valence-electron chi connectivity index (χ0n) is 31.5. The summed E-state index contributed by atoms with van der Waals surface area (Å²) in [6.07, 6.45) is 5.00. The zero-order valence-corrected chi connectivity index (χ0v) is 31.5. The summed E-state index contributed by atoms with van der Waals surface area (Å²) in [6, 6.07) is 66.8. The summed E-state index contributed by atoms with van der Waals surface area (Å²) in [5, 5.41) is 7.33. The van der Waals surface area contributed by atoms with Crippen LogP contribution in [0.15, 0.2) is 186 Å². The number of hydrogen-bond donors (Lipinski definition) is 0. The number of hydrogen-bond acceptors (Lipinski definition) is 2. The van der Waals surface area contributed by atoms with Crippen LogP contribution in [0.25, 0.3) is 82.4 Å². The summed E-state index contributed by atoms with van der Waals surface area (Å²) < 4.78 is 11.6. The number of anilines is 3. The van der Waals surface area contributed by atoms with Crippen LogP contribution in [0.2, 0.25) is 0 Å². The van der Waals surface area contributed by atoms with Gasteiger partial charge in [0.15, 0.2) is 0 Å². The van der Waals surface area contributed by atoms with E-state index in [1.807, 2.05) is 6.07 Å². The normalized spacial score (nSPS) is 13.6. The molecule has 57 heavy (non-hydrogen) atoms. The molecule has 3 heterocycles. The highest BCUT2D eigenvalue weighted by molar-refractivity contribution is 6.17. The zero-order chi connectivity index (χ0) is 37.5. The van der Waals surface area contributed by atoms with Gasteiger partial charge in [0.25, 0.3) is 0 Å². The second-order valence-electron chi connectivity index (χ2n) is 15.6. The minimum atomic E-state index is 0.502. The first-order valence-corrected chi connectivity index (χ1v) is 20.2. The van der Waals surface area contributed by atoms with Crippen LogP contribution in [0.1, 0.15) is 31.7 Å². The van der Waals surface area contributed by atoms with Crippen molar-refractivity contribution < 1.29 is 4.42 Å². The van der Waals surface area contributed by atoms with Gasteiger partial charge in [0.05, 0.1) is 22.2 Å². The van der Waals surface area contributed by atoms with E-state index in [4.69, 9.17) is 4.42 Å². The molecule has 4 nitrogen and oxygen atoms in total. The molecule has 1 saturated carbocycles. The highest BCUT2D eigenvalue weighted by atomic mass is 16.3. The molecule has 0 spiro atoms. The molecule has 1 fully saturated rings. The fraction of sp³-hybridized carbons (Fsp3) is 0.0943. The number of rotatable bonds is 6. The smallest absolute Gasteiger partial charge is 0.143 e. The summed E-state index contributed by atoms with van der Waals surface area (Å²) in [5.74, 6) is 0. The molecule has 1 aliphatic carbocycles. The number of nitrogens with zero attached hydrogens (tertiary/aromatic N) is 3. The van der Waals surface area contributed by atoms with Crippen LogP contribution < -0.4 is 4.90 Å². The molecule has 4 heteroatoms. The van der Waals surface area contributed by atoms with Gasteiger partial charge >= 0.3 is 0 Å². The first-order valence-electron chi connectivity index (χ1n) is 20.2. The molecule has 0 bridgehead atoms. The fourth-order valence-electron chi connectivity index (χ4n) is 9.94. The van der Waals surface area contributed by atoms with Crippen LogP contribution in [0.4, 0.5) is 17.1 Å². The predicted molar refractivity (Wildman–Crippen MR) is 239 cm³/mol. The quantitative estimate of drug-likeness (QED) is 0.170. The second kappa shape index (κ2) is 12.8. The van der Waals surface area contributed by atoms with Crippen molar-refractivity contribution in [1.82, 2.24) is 9.13 Å². The lowest BCUT2D eigenvalue weighted by Gasteiger charge is -2.27. The van der Waals surface area contributed by atoms with E-state index in [1.165, 1.54) is 75.0 Å². The van der Waals surface area contributed by atoms with Crippen molar-refractivity contribution in [3.8, 4) is 16.8 Å². The Bertz CT molecular complexity index is 3320. The number of aromatic nitrogens is 2. The topological polar surface area (TPSA) is 26.2 Å². The lowest BCUT2D eigenvalue weighted by molar-refractivity contribution is 0.550. The molecule has 1 aliphatic rings. The van der Waals surface area contributed by atoms with Crippen LogP contribution >= 0.6 is 0 Å². The van der Waals surface area contributed by atoms with Gasteiger partial charge in [0, 0.05) is 66.5 Å². The average molecular weight is 734 g/mol. The molecule has 0 unspecified atom stereocenters. The summed E-state index contributed by atoms with van der Waals surface area (Å²) in [5.41, 5.74) is 13.5. The molecule has 0 N–H and O–H groups in total. The molecule has 8 aromatic carbocycles. The van der Waals surface area contributed by atoms with Gasteiger partial charge in [-0.15, -0.1) is 0 Å². The molecular formula is C53H39N3O. The summed E-state index contributed by atoms with van der Waals surface area (Å²) in [6.45, 7) is 0. The van der Waals surface area contributed by atoms with Gasteiger partial charge in [-0.3, -0.25) is 0 Å². The summed E-state index contributed by atoms with van der Waals surface area (Å²) in [4.78, 5) is 2.49. The average Bonchev–Trinajstić information content (AvgIpc) is 4.07. The lowest BCUT2D eigenvalue weighted by atomic mass is 10.0. The first-order chi connectivity index (χ1) is 28.3. The van der Waals surface area contributed by atoms with E-state index < -0.39 is 0 Å². The van der Waals surface area contributed by atoms with E-state index in [0.29, 0.717) is 6.04 Å². The van der Waals surface area contributed by atoms with E-state index in [9.17, 15) is 0 Å². The van der Waals surface area contributed by atoms with Gasteiger partial charge < -0.3 is 18.5 Å². The Morgan fingerprint density at radius 1 is 0.474 bits per heavy atom. The SMILES string of the molecule is c1ccc(-n2c3ccccc3c3ccc(N(c4cccc(-c5cccc6c5oc5ccccc56)c4)c4cccc5c4c4ccccc4n5C4CCCC4)cc32)cc1. The molecule has 12 rings (SSSR count). The van der Waals surface area contributed by atoms with E-state index in [-0.39, 0.29) is 0 Å². The Hall–Kier alpha value is -7.04. The standard InChI is InChI=1S/C53H39N3O/c1-2-16-37(17-3-1)56-46-26-9-6-21-41(46)42-32-31-39(34-50(42)56)54(48-28-14-29-49-52(48)45-23-7-10-27-47(45)55(49)36-18-4-5-19-36)38-20-12-15-35(33-38)40-24-13-25-44-43-22-8-11-30-51(43)57-53(40)44/h1-3,6-17,20-34,36H,4-5,18-19H2. The van der Waals surface area contributed by atoms with Gasteiger partial charge in [-0.1, -0.05) is 128 Å². The second-order valence-corrected chi connectivity index (χ2v) is 15.6. The van der Waals surface area contributed by atoms with E-state index in [1.54, 1.807) is 0 Å². The van der Waals surface area contributed by atoms with Crippen LogP contribution in [0.5, 0.6) is 0 Å². The first kappa shape index (κ1) is 32.2. The van der Waals surface area contributed by atoms with Crippen LogP contribution in [0.3, 0.4) is 0 Å². The maximum Gasteiger partial charge on any atom is 0.143 e. The van der Waals surface area contributed by atoms with Gasteiger partial charge in [0.1, 0.15) is 11.2 Å². The lowest BCUT2D eigenvalue weighted by Crippen LogP contribution is -2.11. The highest BCUT2D eigenvalue weighted by Gasteiger charge is 2.26. The Balaban J connectivity index is 1.14. The molecule has 3 aromatic heterocycles. The van der Waals surface area contributed by atoms with E-state index in [0.717, 1.165) is 50.1 Å². The predicted octanol–water partition coefficient (Wildman–Crippen LogP) is 15.0. The Morgan fingerprint density at radius 3 is 2.02 bits per heavy atom. The minimum absolute atomic E-state index is 0.502. The number of benzene rings is 8. The van der Waals surface area contributed by atoms with Gasteiger partial charge in [0.2, 0.25) is 0 Å². The monoisotopic (exact) mass is 733 g/mol. The molecule has 0 radical (unpaired) electrons. The molecule has 0 saturated heterocycles. The van der Waals surface area contributed by atoms with E-state index >= 15 is 0 Å². The van der Waals surface area contributed by atoms with Crippen molar-refractivity contribution in [3.63, 3.8) is 0 Å². The Morgan fingerprint density at radius 2 is 1.14 bits per heavy atom. The fourth-order valence-corrected chi connectivity index (χ4v) is 9.94. The van der Waals surface area contributed by atoms with Gasteiger partial charge in [-0.25, -0.2) is 0 Å². The van der Waals surface area contributed by atoms with Gasteiger partial charge in [-0.2, -0.15) is 0 Å². The van der Waals surface area contributed by atoms with Crippen LogP contribution in [-0.2, 0) is 0 Å². The molecule has 272 valence electrons. The van der Waals surface area contributed by atoms with Crippen molar-refractivity contribution in [3.05, 3.63) is 182 Å². The highest BCUT2D eigenvalue weighted by Crippen LogP contribution is 2.47. The third kappa shape index (κ3) is 4.93. The number of fused-ring (bicyclic) bond motifs is 9. The minimum Gasteiger partial charge on any atom is -0.455 e. The third-order valence-electron chi connectivity index (χ3n) is 12.4. The maximum atomic E-state index is 6.58.